The molecule has 9 heteroatoms. The number of nitrogens with zero attached hydrogens (tertiary/aromatic N) is 2. The van der Waals surface area contributed by atoms with Gasteiger partial charge in [-0.05, 0) is 48.4 Å². The van der Waals surface area contributed by atoms with Gasteiger partial charge < -0.3 is 29.0 Å². The number of H-pyrrole nitrogens is 1. The van der Waals surface area contributed by atoms with E-state index in [0.717, 1.165) is 22.4 Å². The molecular formula is C24H27N3O6. The maximum atomic E-state index is 13.4. The molecule has 9 nitrogen and oxygen atoms in total. The maximum absolute atomic E-state index is 13.4. The molecular weight excluding hydrogens is 426 g/mol. The van der Waals surface area contributed by atoms with E-state index in [1.165, 1.54) is 14.2 Å². The zero-order valence-electron chi connectivity index (χ0n) is 19.0. The van der Waals surface area contributed by atoms with Crippen LogP contribution in [0.15, 0.2) is 36.4 Å². The number of carbonyl (C=O) groups excluding carboxylic acids is 1. The molecule has 3 aromatic rings. The summed E-state index contributed by atoms with van der Waals surface area (Å²) in [5.41, 5.74) is 3.46. The highest BCUT2D eigenvalue weighted by Gasteiger charge is 2.42. The Morgan fingerprint density at radius 1 is 1.03 bits per heavy atom. The lowest BCUT2D eigenvalue weighted by molar-refractivity contribution is 0.0723. The van der Waals surface area contributed by atoms with Gasteiger partial charge in [0.1, 0.15) is 11.4 Å². The molecule has 4 rings (SSSR count). The molecule has 1 aliphatic rings. The number of fused-ring (bicyclic) bond motifs is 1. The van der Waals surface area contributed by atoms with Crippen LogP contribution in [0.5, 0.6) is 23.0 Å². The standard InChI is InChI=1S/C24H27N3O6/c1-30-11-5-10-27-22(15-12-17(32-3)23(28)18(13-15)33-4)19-20(25-26-21(19)24(27)29)14-6-8-16(31-2)9-7-14/h6-9,12-13,22,28H,5,10-11H2,1-4H3,(H,25,26). The van der Waals surface area contributed by atoms with Crippen LogP contribution in [0, 0.1) is 0 Å². The van der Waals surface area contributed by atoms with Crippen molar-refractivity contribution >= 4 is 5.91 Å². The van der Waals surface area contributed by atoms with Crippen molar-refractivity contribution < 1.29 is 28.8 Å². The highest BCUT2D eigenvalue weighted by Crippen LogP contribution is 2.47. The molecule has 33 heavy (non-hydrogen) atoms. The zero-order chi connectivity index (χ0) is 23.5. The van der Waals surface area contributed by atoms with E-state index < -0.39 is 6.04 Å². The van der Waals surface area contributed by atoms with Crippen molar-refractivity contribution in [3.8, 4) is 34.3 Å². The number of nitrogens with one attached hydrogen (secondary N) is 1. The van der Waals surface area contributed by atoms with E-state index in [4.69, 9.17) is 18.9 Å². The van der Waals surface area contributed by atoms with E-state index in [2.05, 4.69) is 10.2 Å². The fraction of sp³-hybridized carbons (Fsp3) is 0.333. The first kappa shape index (κ1) is 22.5. The predicted octanol–water partition coefficient (Wildman–Crippen LogP) is 3.39. The zero-order valence-corrected chi connectivity index (χ0v) is 19.0. The van der Waals surface area contributed by atoms with Gasteiger partial charge in [0.25, 0.3) is 5.91 Å². The molecule has 0 aliphatic carbocycles. The second kappa shape index (κ2) is 9.41. The monoisotopic (exact) mass is 453 g/mol. The van der Waals surface area contributed by atoms with Crippen LogP contribution in [0.1, 0.15) is 34.1 Å². The lowest BCUT2D eigenvalue weighted by Crippen LogP contribution is -2.31. The molecule has 174 valence electrons. The molecule has 1 amide bonds. The van der Waals surface area contributed by atoms with Crippen LogP contribution >= 0.6 is 0 Å². The average Bonchev–Trinajstić information content (AvgIpc) is 3.38. The van der Waals surface area contributed by atoms with Crippen molar-refractivity contribution in [2.75, 3.05) is 41.6 Å². The third-order valence-electron chi connectivity index (χ3n) is 5.79. The summed E-state index contributed by atoms with van der Waals surface area (Å²) in [4.78, 5) is 15.2. The second-order valence-corrected chi connectivity index (χ2v) is 7.61. The number of aromatic nitrogens is 2. The van der Waals surface area contributed by atoms with Gasteiger partial charge in [-0.1, -0.05) is 0 Å². The minimum absolute atomic E-state index is 0.0956. The third kappa shape index (κ3) is 3.95. The number of methoxy groups -OCH3 is 4. The summed E-state index contributed by atoms with van der Waals surface area (Å²) in [7, 11) is 6.19. The van der Waals surface area contributed by atoms with E-state index in [0.29, 0.717) is 31.0 Å². The average molecular weight is 453 g/mol. The summed E-state index contributed by atoms with van der Waals surface area (Å²) in [6.45, 7) is 1.00. The van der Waals surface area contributed by atoms with Gasteiger partial charge in [0.15, 0.2) is 11.5 Å². The lowest BCUT2D eigenvalue weighted by atomic mass is 9.95. The molecule has 1 aromatic heterocycles. The molecule has 0 spiro atoms. The van der Waals surface area contributed by atoms with E-state index in [9.17, 15) is 9.90 Å². The summed E-state index contributed by atoms with van der Waals surface area (Å²) in [5.74, 6) is 1.01. The number of amides is 1. The Morgan fingerprint density at radius 3 is 2.27 bits per heavy atom. The number of ether oxygens (including phenoxy) is 4. The molecule has 1 aliphatic heterocycles. The summed E-state index contributed by atoms with van der Waals surface area (Å²) >= 11 is 0. The number of hydrogen-bond donors (Lipinski definition) is 2. The summed E-state index contributed by atoms with van der Waals surface area (Å²) in [6, 6.07) is 10.5. The van der Waals surface area contributed by atoms with Gasteiger partial charge in [-0.2, -0.15) is 5.10 Å². The number of aromatic hydroxyl groups is 1. The van der Waals surface area contributed by atoms with Gasteiger partial charge in [0, 0.05) is 31.4 Å². The molecule has 1 atom stereocenters. The minimum atomic E-state index is -0.455. The summed E-state index contributed by atoms with van der Waals surface area (Å²) in [5, 5.41) is 17.8. The molecule has 2 aromatic carbocycles. The first-order valence-electron chi connectivity index (χ1n) is 10.5. The number of benzene rings is 2. The highest BCUT2D eigenvalue weighted by molar-refractivity contribution is 6.00. The molecule has 2 heterocycles. The van der Waals surface area contributed by atoms with Crippen LogP contribution in [-0.4, -0.2) is 67.7 Å². The van der Waals surface area contributed by atoms with Gasteiger partial charge in [-0.25, -0.2) is 0 Å². The molecule has 0 saturated carbocycles. The molecule has 0 radical (unpaired) electrons. The third-order valence-corrected chi connectivity index (χ3v) is 5.79. The number of aromatic amines is 1. The largest absolute Gasteiger partial charge is 0.502 e. The lowest BCUT2D eigenvalue weighted by Gasteiger charge is -2.27. The van der Waals surface area contributed by atoms with E-state index in [1.807, 2.05) is 24.3 Å². The second-order valence-electron chi connectivity index (χ2n) is 7.61. The minimum Gasteiger partial charge on any atom is -0.502 e. The van der Waals surface area contributed by atoms with Crippen LogP contribution in [0.4, 0.5) is 0 Å². The normalized spacial score (nSPS) is 15.0. The Kier molecular flexibility index (Phi) is 6.41. The molecule has 0 saturated heterocycles. The Bertz CT molecular complexity index is 1120. The van der Waals surface area contributed by atoms with Gasteiger partial charge in [0.2, 0.25) is 5.75 Å². The fourth-order valence-electron chi connectivity index (χ4n) is 4.19. The highest BCUT2D eigenvalue weighted by atomic mass is 16.5. The molecule has 1 unspecified atom stereocenters. The number of rotatable bonds is 9. The van der Waals surface area contributed by atoms with Gasteiger partial charge in [0.05, 0.1) is 33.1 Å². The Balaban J connectivity index is 1.86. The predicted molar refractivity (Wildman–Crippen MR) is 121 cm³/mol. The summed E-state index contributed by atoms with van der Waals surface area (Å²) < 4.78 is 21.2. The van der Waals surface area contributed by atoms with Crippen molar-refractivity contribution in [3.05, 3.63) is 53.2 Å². The van der Waals surface area contributed by atoms with Gasteiger partial charge in [-0.15, -0.1) is 0 Å². The smallest absolute Gasteiger partial charge is 0.273 e. The fourth-order valence-corrected chi connectivity index (χ4v) is 4.19. The van der Waals surface area contributed by atoms with Crippen LogP contribution in [-0.2, 0) is 4.74 Å². The van der Waals surface area contributed by atoms with Crippen molar-refractivity contribution in [2.45, 2.75) is 12.5 Å². The Hall–Kier alpha value is -3.72. The number of hydrogen-bond acceptors (Lipinski definition) is 7. The van der Waals surface area contributed by atoms with Crippen molar-refractivity contribution in [2.24, 2.45) is 0 Å². The first-order chi connectivity index (χ1) is 16.0. The maximum Gasteiger partial charge on any atom is 0.273 e. The van der Waals surface area contributed by atoms with Crippen LogP contribution in [0.2, 0.25) is 0 Å². The summed E-state index contributed by atoms with van der Waals surface area (Å²) in [6.07, 6.45) is 0.667. The van der Waals surface area contributed by atoms with Crippen molar-refractivity contribution in [1.82, 2.24) is 15.1 Å². The quantitative estimate of drug-likeness (QED) is 0.478. The first-order valence-corrected chi connectivity index (χ1v) is 10.5. The Morgan fingerprint density at radius 2 is 1.70 bits per heavy atom. The molecule has 2 N–H and O–H groups in total. The number of phenolic OH excluding ortho intramolecular Hbond substituents is 1. The van der Waals surface area contributed by atoms with Crippen LogP contribution < -0.4 is 14.2 Å². The Labute approximate surface area is 191 Å². The molecule has 0 bridgehead atoms. The van der Waals surface area contributed by atoms with Gasteiger partial charge in [-0.3, -0.25) is 9.89 Å². The topological polar surface area (TPSA) is 106 Å². The number of phenols is 1. The number of carbonyl (C=O) groups is 1. The van der Waals surface area contributed by atoms with E-state index >= 15 is 0 Å². The van der Waals surface area contributed by atoms with Crippen LogP contribution in [0.25, 0.3) is 11.3 Å². The van der Waals surface area contributed by atoms with E-state index in [-0.39, 0.29) is 23.2 Å². The van der Waals surface area contributed by atoms with Gasteiger partial charge >= 0.3 is 0 Å². The van der Waals surface area contributed by atoms with Crippen molar-refractivity contribution in [3.63, 3.8) is 0 Å². The van der Waals surface area contributed by atoms with Crippen LogP contribution in [0.3, 0.4) is 0 Å². The van der Waals surface area contributed by atoms with E-state index in [1.54, 1.807) is 31.3 Å². The SMILES string of the molecule is COCCCN1C(=O)c2[nH]nc(-c3ccc(OC)cc3)c2C1c1cc(OC)c(O)c(OC)c1. The van der Waals surface area contributed by atoms with Crippen molar-refractivity contribution in [1.29, 1.82) is 0 Å². The molecule has 0 fully saturated rings.